The van der Waals surface area contributed by atoms with Crippen LogP contribution in [0.4, 0.5) is 0 Å². The Hall–Kier alpha value is -2.86. The molecule has 0 heterocycles. The van der Waals surface area contributed by atoms with Crippen molar-refractivity contribution < 1.29 is 0 Å². The summed E-state index contributed by atoms with van der Waals surface area (Å²) in [7, 11) is 0. The molecule has 0 unspecified atom stereocenters. The van der Waals surface area contributed by atoms with Crippen molar-refractivity contribution in [2.75, 3.05) is 0 Å². The van der Waals surface area contributed by atoms with Gasteiger partial charge in [0.1, 0.15) is 0 Å². The van der Waals surface area contributed by atoms with Crippen LogP contribution in [0.3, 0.4) is 0 Å². The van der Waals surface area contributed by atoms with Crippen molar-refractivity contribution in [3.63, 3.8) is 0 Å². The Morgan fingerprint density at radius 2 is 0.857 bits per heavy atom. The van der Waals surface area contributed by atoms with Crippen LogP contribution in [-0.4, -0.2) is 0 Å². The second-order valence-corrected chi connectivity index (χ2v) is 8.79. The third kappa shape index (κ3) is 1.77. The molecule has 134 valence electrons. The Kier molecular flexibility index (Phi) is 2.89. The molecule has 0 saturated carbocycles. The Labute approximate surface area is 165 Å². The lowest BCUT2D eigenvalue weighted by Gasteiger charge is -2.46. The zero-order chi connectivity index (χ0) is 18.2. The average Bonchev–Trinajstić information content (AvgIpc) is 2.75. The van der Waals surface area contributed by atoms with E-state index in [2.05, 4.69) is 84.9 Å². The summed E-state index contributed by atoms with van der Waals surface area (Å²) in [5, 5.41) is 5.78. The summed E-state index contributed by atoms with van der Waals surface area (Å²) < 4.78 is 0. The molecule has 4 aromatic rings. The molecule has 0 aromatic heterocycles. The number of hydrogen-bond acceptors (Lipinski definition) is 0. The lowest BCUT2D eigenvalue weighted by molar-refractivity contribution is 0.363. The lowest BCUT2D eigenvalue weighted by atomic mass is 9.57. The third-order valence-corrected chi connectivity index (χ3v) is 7.60. The summed E-state index contributed by atoms with van der Waals surface area (Å²) >= 11 is 0. The number of benzene rings is 4. The van der Waals surface area contributed by atoms with Gasteiger partial charge in [-0.15, -0.1) is 0 Å². The van der Waals surface area contributed by atoms with Crippen LogP contribution in [0.2, 0.25) is 0 Å². The second-order valence-electron chi connectivity index (χ2n) is 8.79. The van der Waals surface area contributed by atoms with Crippen LogP contribution >= 0.6 is 0 Å². The fourth-order valence-electron chi connectivity index (χ4n) is 6.56. The monoisotopic (exact) mass is 358 g/mol. The molecular formula is C28H22. The fraction of sp³-hybridized carbons (Fsp3) is 0.214. The van der Waals surface area contributed by atoms with Gasteiger partial charge in [0.25, 0.3) is 0 Å². The Balaban J connectivity index is 1.74. The van der Waals surface area contributed by atoms with Gasteiger partial charge in [-0.25, -0.2) is 0 Å². The summed E-state index contributed by atoms with van der Waals surface area (Å²) in [6, 6.07) is 27.6. The van der Waals surface area contributed by atoms with E-state index >= 15 is 0 Å². The first kappa shape index (κ1) is 15.1. The SMILES string of the molecule is C1=C[C@H]2CC[C@@H]1[C@@H]1c3ccccc3[C@H]2c2c1c1ccccc1c1ccccc21. The number of hydrogen-bond donors (Lipinski definition) is 0. The molecule has 0 radical (unpaired) electrons. The van der Waals surface area contributed by atoms with E-state index in [0.29, 0.717) is 23.7 Å². The van der Waals surface area contributed by atoms with Gasteiger partial charge in [0, 0.05) is 11.8 Å². The standard InChI is InChI=1S/C28H22/c1-3-9-21-19(7-1)20-8-2-4-10-22(20)28-26-18-15-13-17(14-16-18)25(27(21)28)23-11-5-6-12-24(23)26/h1-13,15,17-18,25-26H,14,16H2/t17-,18+,25-,26+. The molecule has 0 spiro atoms. The topological polar surface area (TPSA) is 0 Å². The predicted octanol–water partition coefficient (Wildman–Crippen LogP) is 7.17. The molecular weight excluding hydrogens is 336 g/mol. The number of rotatable bonds is 0. The Morgan fingerprint density at radius 3 is 1.29 bits per heavy atom. The first-order chi connectivity index (χ1) is 13.9. The van der Waals surface area contributed by atoms with Crippen molar-refractivity contribution in [1.82, 2.24) is 0 Å². The van der Waals surface area contributed by atoms with E-state index in [1.54, 1.807) is 22.3 Å². The van der Waals surface area contributed by atoms with E-state index in [4.69, 9.17) is 0 Å². The average molecular weight is 358 g/mol. The van der Waals surface area contributed by atoms with E-state index in [9.17, 15) is 0 Å². The van der Waals surface area contributed by atoms with Crippen LogP contribution in [0.25, 0.3) is 21.5 Å². The summed E-state index contributed by atoms with van der Waals surface area (Å²) in [5.74, 6) is 2.19. The zero-order valence-electron chi connectivity index (χ0n) is 15.8. The van der Waals surface area contributed by atoms with Gasteiger partial charge in [-0.3, -0.25) is 0 Å². The molecule has 0 heteroatoms. The molecule has 0 fully saturated rings. The maximum absolute atomic E-state index is 2.55. The van der Waals surface area contributed by atoms with Gasteiger partial charge >= 0.3 is 0 Å². The van der Waals surface area contributed by atoms with Crippen molar-refractivity contribution >= 4 is 21.5 Å². The van der Waals surface area contributed by atoms with E-state index in [-0.39, 0.29) is 0 Å². The number of fused-ring (bicyclic) bond motifs is 3. The quantitative estimate of drug-likeness (QED) is 0.231. The maximum atomic E-state index is 2.55. The van der Waals surface area contributed by atoms with Crippen molar-refractivity contribution in [3.8, 4) is 0 Å². The van der Waals surface area contributed by atoms with Gasteiger partial charge in [0.2, 0.25) is 0 Å². The molecule has 4 atom stereocenters. The van der Waals surface area contributed by atoms with Crippen LogP contribution in [0, 0.1) is 11.8 Å². The molecule has 28 heavy (non-hydrogen) atoms. The van der Waals surface area contributed by atoms with Crippen molar-refractivity contribution in [3.05, 3.63) is 107 Å². The van der Waals surface area contributed by atoms with E-state index < -0.39 is 0 Å². The van der Waals surface area contributed by atoms with Crippen LogP contribution in [-0.2, 0) is 0 Å². The highest BCUT2D eigenvalue weighted by atomic mass is 14.5. The lowest BCUT2D eigenvalue weighted by Crippen LogP contribution is -2.33. The van der Waals surface area contributed by atoms with Gasteiger partial charge in [0.15, 0.2) is 0 Å². The molecule has 6 aliphatic carbocycles. The van der Waals surface area contributed by atoms with Gasteiger partial charge in [0.05, 0.1) is 0 Å². The zero-order valence-corrected chi connectivity index (χ0v) is 15.8. The molecule has 0 N–H and O–H groups in total. The van der Waals surface area contributed by atoms with Crippen LogP contribution < -0.4 is 0 Å². The molecule has 0 nitrogen and oxygen atoms in total. The van der Waals surface area contributed by atoms with Gasteiger partial charge in [-0.2, -0.15) is 0 Å². The summed E-state index contributed by atoms with van der Waals surface area (Å²) in [6.45, 7) is 0. The van der Waals surface area contributed by atoms with Gasteiger partial charge < -0.3 is 0 Å². The van der Waals surface area contributed by atoms with E-state index in [0.717, 1.165) is 0 Å². The molecule has 4 bridgehead atoms. The summed E-state index contributed by atoms with van der Waals surface area (Å²) in [6.07, 6.45) is 7.73. The Morgan fingerprint density at radius 1 is 0.464 bits per heavy atom. The van der Waals surface area contributed by atoms with Crippen LogP contribution in [0.1, 0.15) is 46.9 Å². The fourth-order valence-corrected chi connectivity index (χ4v) is 6.56. The molecule has 0 saturated heterocycles. The van der Waals surface area contributed by atoms with Crippen molar-refractivity contribution in [1.29, 1.82) is 0 Å². The van der Waals surface area contributed by atoms with E-state index in [1.807, 2.05) is 0 Å². The highest BCUT2D eigenvalue weighted by molar-refractivity contribution is 6.11. The predicted molar refractivity (Wildman–Crippen MR) is 117 cm³/mol. The maximum Gasteiger partial charge on any atom is 0.0164 e. The highest BCUT2D eigenvalue weighted by Crippen LogP contribution is 2.59. The second kappa shape index (κ2) is 5.35. The first-order valence-electron chi connectivity index (χ1n) is 10.6. The van der Waals surface area contributed by atoms with Crippen LogP contribution in [0.15, 0.2) is 84.9 Å². The molecule has 4 aromatic carbocycles. The van der Waals surface area contributed by atoms with Gasteiger partial charge in [-0.05, 0) is 68.5 Å². The first-order valence-corrected chi connectivity index (χ1v) is 10.6. The van der Waals surface area contributed by atoms with Crippen molar-refractivity contribution in [2.24, 2.45) is 11.8 Å². The molecule has 10 rings (SSSR count). The normalized spacial score (nSPS) is 26.9. The minimum absolute atomic E-state index is 0.481. The minimum atomic E-state index is 0.481. The smallest absolute Gasteiger partial charge is 0.0164 e. The van der Waals surface area contributed by atoms with Crippen molar-refractivity contribution in [2.45, 2.75) is 24.7 Å². The summed E-state index contributed by atoms with van der Waals surface area (Å²) in [4.78, 5) is 0. The highest BCUT2D eigenvalue weighted by Gasteiger charge is 2.44. The third-order valence-electron chi connectivity index (χ3n) is 7.60. The Bertz CT molecular complexity index is 1190. The minimum Gasteiger partial charge on any atom is -0.0842 e. The summed E-state index contributed by atoms with van der Waals surface area (Å²) in [5.41, 5.74) is 6.41. The molecule has 6 aliphatic rings. The van der Waals surface area contributed by atoms with Crippen LogP contribution in [0.5, 0.6) is 0 Å². The molecule has 0 aliphatic heterocycles. The largest absolute Gasteiger partial charge is 0.0842 e. The number of allylic oxidation sites excluding steroid dienone is 2. The van der Waals surface area contributed by atoms with E-state index in [1.165, 1.54) is 34.4 Å². The molecule has 0 amide bonds. The van der Waals surface area contributed by atoms with Gasteiger partial charge in [-0.1, -0.05) is 84.9 Å².